The maximum atomic E-state index is 13.9. The lowest BCUT2D eigenvalue weighted by molar-refractivity contribution is -0.165. The highest BCUT2D eigenvalue weighted by atomic mass is 19.1. The van der Waals surface area contributed by atoms with E-state index in [1.807, 2.05) is 0 Å². The van der Waals surface area contributed by atoms with Crippen LogP contribution in [0.1, 0.15) is 55.8 Å². The van der Waals surface area contributed by atoms with Crippen LogP contribution < -0.4 is 5.73 Å². The van der Waals surface area contributed by atoms with E-state index in [0.717, 1.165) is 17.8 Å². The molecule has 0 spiro atoms. The fourth-order valence-corrected chi connectivity index (χ4v) is 6.81. The highest BCUT2D eigenvalue weighted by Crippen LogP contribution is 2.63. The smallest absolute Gasteiger partial charge is 0.194 e. The molecule has 4 aliphatic carbocycles. The Morgan fingerprint density at radius 2 is 1.68 bits per heavy atom. The molecule has 1 aliphatic heterocycles. The minimum absolute atomic E-state index is 0.00212. The van der Waals surface area contributed by atoms with Crippen LogP contribution in [0.5, 0.6) is 11.5 Å². The highest BCUT2D eigenvalue weighted by Gasteiger charge is 2.56. The maximum absolute atomic E-state index is 13.9. The first-order chi connectivity index (χ1) is 12.0. The molecule has 136 valence electrons. The van der Waals surface area contributed by atoms with Crippen LogP contribution in [0.25, 0.3) is 0 Å². The van der Waals surface area contributed by atoms with Crippen molar-refractivity contribution in [3.8, 4) is 11.5 Å². The van der Waals surface area contributed by atoms with E-state index in [2.05, 4.69) is 0 Å². The molecule has 5 aliphatic rings. The first kappa shape index (κ1) is 15.9. The molecule has 0 aromatic heterocycles. The zero-order valence-electron chi connectivity index (χ0n) is 14.4. The predicted octanol–water partition coefficient (Wildman–Crippen LogP) is 3.39. The van der Waals surface area contributed by atoms with Crippen LogP contribution in [0.4, 0.5) is 4.39 Å². The van der Waals surface area contributed by atoms with Crippen LogP contribution in [0.15, 0.2) is 6.07 Å². The maximum Gasteiger partial charge on any atom is 0.194 e. The number of phenols is 2. The Labute approximate surface area is 147 Å². The number of ether oxygens (including phenoxy) is 1. The molecular formula is C20H26FNO3. The number of aromatic hydroxyl groups is 2. The van der Waals surface area contributed by atoms with Crippen LogP contribution in [0, 0.1) is 29.0 Å². The summed E-state index contributed by atoms with van der Waals surface area (Å²) < 4.78 is 20.3. The number of nitrogens with two attached hydrogens (primary N) is 1. The number of hydrogen-bond acceptors (Lipinski definition) is 4. The van der Waals surface area contributed by atoms with Gasteiger partial charge in [-0.3, -0.25) is 0 Å². The molecule has 2 atom stereocenters. The van der Waals surface area contributed by atoms with Crippen LogP contribution in [0.2, 0.25) is 0 Å². The fraction of sp³-hybridized carbons (Fsp3) is 0.700. The van der Waals surface area contributed by atoms with Crippen molar-refractivity contribution in [1.29, 1.82) is 0 Å². The summed E-state index contributed by atoms with van der Waals surface area (Å²) in [4.78, 5) is 0. The van der Waals surface area contributed by atoms with E-state index < -0.39 is 17.7 Å². The van der Waals surface area contributed by atoms with Crippen molar-refractivity contribution in [3.05, 3.63) is 23.0 Å². The van der Waals surface area contributed by atoms with Gasteiger partial charge < -0.3 is 20.7 Å². The average molecular weight is 347 g/mol. The second-order valence-corrected chi connectivity index (χ2v) is 8.96. The molecule has 1 aromatic carbocycles. The molecule has 0 radical (unpaired) electrons. The van der Waals surface area contributed by atoms with Gasteiger partial charge in [0.05, 0.1) is 12.2 Å². The molecule has 6 rings (SSSR count). The third kappa shape index (κ3) is 2.25. The van der Waals surface area contributed by atoms with Crippen molar-refractivity contribution in [2.75, 3.05) is 6.54 Å². The third-order valence-electron chi connectivity index (χ3n) is 7.41. The van der Waals surface area contributed by atoms with Crippen LogP contribution in [-0.2, 0) is 11.2 Å². The fourth-order valence-electron chi connectivity index (χ4n) is 6.81. The SMILES string of the molecule is NCC1OC(C23CC4CC(CC(C4)C2)C3)Cc2c1cc(F)c(O)c2O. The molecule has 4 bridgehead atoms. The van der Waals surface area contributed by atoms with Gasteiger partial charge in [-0.1, -0.05) is 0 Å². The Kier molecular flexibility index (Phi) is 3.39. The van der Waals surface area contributed by atoms with Gasteiger partial charge in [0.25, 0.3) is 0 Å². The molecule has 5 heteroatoms. The summed E-state index contributed by atoms with van der Waals surface area (Å²) in [6.07, 6.45) is 7.80. The Balaban J connectivity index is 1.54. The minimum Gasteiger partial charge on any atom is -0.504 e. The van der Waals surface area contributed by atoms with Crippen LogP contribution >= 0.6 is 0 Å². The second kappa shape index (κ2) is 5.34. The number of rotatable bonds is 2. The van der Waals surface area contributed by atoms with Gasteiger partial charge in [0, 0.05) is 18.5 Å². The summed E-state index contributed by atoms with van der Waals surface area (Å²) in [6.45, 7) is 0.250. The highest BCUT2D eigenvalue weighted by molar-refractivity contribution is 5.52. The van der Waals surface area contributed by atoms with Gasteiger partial charge in [-0.15, -0.1) is 0 Å². The lowest BCUT2D eigenvalue weighted by Gasteiger charge is -2.60. The quantitative estimate of drug-likeness (QED) is 0.717. The van der Waals surface area contributed by atoms with Gasteiger partial charge in [-0.2, -0.15) is 0 Å². The van der Waals surface area contributed by atoms with Gasteiger partial charge in [0.15, 0.2) is 17.3 Å². The van der Waals surface area contributed by atoms with Gasteiger partial charge in [-0.25, -0.2) is 4.39 Å². The normalized spacial score (nSPS) is 41.8. The molecule has 0 amide bonds. The third-order valence-corrected chi connectivity index (χ3v) is 7.41. The number of fused-ring (bicyclic) bond motifs is 1. The lowest BCUT2D eigenvalue weighted by atomic mass is 9.47. The summed E-state index contributed by atoms with van der Waals surface area (Å²) in [5, 5.41) is 20.2. The van der Waals surface area contributed by atoms with Gasteiger partial charge in [0.1, 0.15) is 0 Å². The molecule has 1 heterocycles. The van der Waals surface area contributed by atoms with Gasteiger partial charge >= 0.3 is 0 Å². The largest absolute Gasteiger partial charge is 0.504 e. The summed E-state index contributed by atoms with van der Waals surface area (Å²) in [6, 6.07) is 1.28. The Morgan fingerprint density at radius 3 is 2.24 bits per heavy atom. The molecular weight excluding hydrogens is 321 g/mol. The second-order valence-electron chi connectivity index (χ2n) is 8.96. The zero-order valence-corrected chi connectivity index (χ0v) is 14.4. The van der Waals surface area contributed by atoms with E-state index in [1.165, 1.54) is 44.6 Å². The Morgan fingerprint density at radius 1 is 1.08 bits per heavy atom. The first-order valence-electron chi connectivity index (χ1n) is 9.58. The van der Waals surface area contributed by atoms with Crippen molar-refractivity contribution in [1.82, 2.24) is 0 Å². The minimum atomic E-state index is -0.813. The number of benzene rings is 1. The van der Waals surface area contributed by atoms with E-state index >= 15 is 0 Å². The zero-order chi connectivity index (χ0) is 17.3. The molecule has 4 fully saturated rings. The Hall–Kier alpha value is -1.33. The van der Waals surface area contributed by atoms with E-state index in [1.54, 1.807) is 0 Å². The number of hydrogen-bond donors (Lipinski definition) is 3. The summed E-state index contributed by atoms with van der Waals surface area (Å²) in [7, 11) is 0. The Bertz CT molecular complexity index is 684. The average Bonchev–Trinajstić information content (AvgIpc) is 2.58. The van der Waals surface area contributed by atoms with Crippen LogP contribution in [0.3, 0.4) is 0 Å². The topological polar surface area (TPSA) is 75.7 Å². The van der Waals surface area contributed by atoms with Crippen molar-refractivity contribution in [3.63, 3.8) is 0 Å². The van der Waals surface area contributed by atoms with Crippen LogP contribution in [-0.4, -0.2) is 22.9 Å². The van der Waals surface area contributed by atoms with E-state index in [0.29, 0.717) is 17.5 Å². The lowest BCUT2D eigenvalue weighted by Crippen LogP contribution is -2.54. The van der Waals surface area contributed by atoms with E-state index in [9.17, 15) is 14.6 Å². The summed E-state index contributed by atoms with van der Waals surface area (Å²) in [5.41, 5.74) is 7.30. The standard InChI is InChI=1S/C20H26FNO3/c21-15-4-13-14(18(23)19(15)24)5-17(25-16(13)9-22)20-6-10-1-11(7-20)3-12(2-10)8-20/h4,10-12,16-17,23-24H,1-3,5-9,22H2. The van der Waals surface area contributed by atoms with E-state index in [-0.39, 0.29) is 23.8 Å². The molecule has 4 N–H and O–H groups in total. The molecule has 4 nitrogen and oxygen atoms in total. The molecule has 1 aromatic rings. The first-order valence-corrected chi connectivity index (χ1v) is 9.58. The summed E-state index contributed by atoms with van der Waals surface area (Å²) >= 11 is 0. The van der Waals surface area contributed by atoms with Crippen molar-refractivity contribution in [2.24, 2.45) is 28.9 Å². The molecule has 2 unspecified atom stereocenters. The number of phenolic OH excluding ortho intramolecular Hbond substituents is 2. The van der Waals surface area contributed by atoms with Crippen molar-refractivity contribution < 1.29 is 19.3 Å². The number of halogens is 1. The predicted molar refractivity (Wildman–Crippen MR) is 90.7 cm³/mol. The molecule has 4 saturated carbocycles. The van der Waals surface area contributed by atoms with E-state index in [4.69, 9.17) is 10.5 Å². The van der Waals surface area contributed by atoms with Gasteiger partial charge in [-0.05, 0) is 73.3 Å². The molecule has 0 saturated heterocycles. The monoisotopic (exact) mass is 347 g/mol. The summed E-state index contributed by atoms with van der Waals surface area (Å²) in [5.74, 6) is 0.632. The van der Waals surface area contributed by atoms with Crippen molar-refractivity contribution in [2.45, 2.75) is 57.2 Å². The van der Waals surface area contributed by atoms with Gasteiger partial charge in [0.2, 0.25) is 0 Å². The molecule has 25 heavy (non-hydrogen) atoms. The van der Waals surface area contributed by atoms with Crippen molar-refractivity contribution >= 4 is 0 Å².